The highest BCUT2D eigenvalue weighted by atomic mass is 16.1. The fourth-order valence-electron chi connectivity index (χ4n) is 1.39. The van der Waals surface area contributed by atoms with Gasteiger partial charge in [0.05, 0.1) is 0 Å². The van der Waals surface area contributed by atoms with Crippen LogP contribution in [-0.4, -0.2) is 5.91 Å². The zero-order valence-electron chi connectivity index (χ0n) is 9.68. The predicted octanol–water partition coefficient (Wildman–Crippen LogP) is 2.01. The monoisotopic (exact) mass is 236 g/mol. The molecule has 0 aliphatic rings. The van der Waals surface area contributed by atoms with Crippen LogP contribution < -0.4 is 11.1 Å². The minimum Gasteiger partial charge on any atom is -0.399 e. The van der Waals surface area contributed by atoms with Crippen molar-refractivity contribution in [2.45, 2.75) is 0 Å². The number of amides is 1. The zero-order chi connectivity index (χ0) is 12.8. The van der Waals surface area contributed by atoms with E-state index in [-0.39, 0.29) is 5.91 Å². The molecule has 0 radical (unpaired) electrons. The average molecular weight is 236 g/mol. The van der Waals surface area contributed by atoms with Crippen LogP contribution in [0.2, 0.25) is 0 Å². The molecule has 0 aromatic heterocycles. The van der Waals surface area contributed by atoms with Gasteiger partial charge in [-0.05, 0) is 42.3 Å². The van der Waals surface area contributed by atoms with E-state index in [0.717, 1.165) is 5.56 Å². The van der Waals surface area contributed by atoms with E-state index in [1.54, 1.807) is 36.4 Å². The van der Waals surface area contributed by atoms with Gasteiger partial charge in [0.2, 0.25) is 0 Å². The van der Waals surface area contributed by atoms with Crippen LogP contribution in [0.5, 0.6) is 0 Å². The number of nitrogens with one attached hydrogen (secondary N) is 1. The average Bonchev–Trinajstić information content (AvgIpc) is 2.42. The maximum Gasteiger partial charge on any atom is 0.262 e. The van der Waals surface area contributed by atoms with Crippen molar-refractivity contribution >= 4 is 11.6 Å². The number of anilines is 1. The molecule has 2 aromatic rings. The molecule has 0 aliphatic carbocycles. The molecule has 1 amide bonds. The van der Waals surface area contributed by atoms with Crippen LogP contribution >= 0.6 is 0 Å². The van der Waals surface area contributed by atoms with Gasteiger partial charge in [0.25, 0.3) is 5.91 Å². The molecule has 0 aliphatic heterocycles. The summed E-state index contributed by atoms with van der Waals surface area (Å²) in [5.74, 6) is 2.63. The Morgan fingerprint density at radius 3 is 2.33 bits per heavy atom. The van der Waals surface area contributed by atoms with Crippen LogP contribution in [0, 0.1) is 12.0 Å². The highest BCUT2D eigenvalue weighted by Crippen LogP contribution is 2.03. The van der Waals surface area contributed by atoms with Crippen molar-refractivity contribution in [3.05, 3.63) is 65.7 Å². The lowest BCUT2D eigenvalue weighted by Gasteiger charge is -1.96. The van der Waals surface area contributed by atoms with Gasteiger partial charge in [-0.15, -0.1) is 0 Å². The van der Waals surface area contributed by atoms with Crippen molar-refractivity contribution in [3.63, 3.8) is 0 Å². The van der Waals surface area contributed by atoms with Gasteiger partial charge < -0.3 is 5.73 Å². The van der Waals surface area contributed by atoms with E-state index >= 15 is 0 Å². The number of hydrogen-bond acceptors (Lipinski definition) is 2. The summed E-state index contributed by atoms with van der Waals surface area (Å²) in [6, 6.07) is 18.7. The van der Waals surface area contributed by atoms with E-state index < -0.39 is 0 Å². The van der Waals surface area contributed by atoms with E-state index in [1.807, 2.05) is 18.2 Å². The Labute approximate surface area is 106 Å². The van der Waals surface area contributed by atoms with Crippen molar-refractivity contribution in [2.24, 2.45) is 0 Å². The minimum absolute atomic E-state index is 0.210. The summed E-state index contributed by atoms with van der Waals surface area (Å²) in [5.41, 5.74) is 7.64. The minimum atomic E-state index is -0.210. The van der Waals surface area contributed by atoms with Gasteiger partial charge in [0.15, 0.2) is 0 Å². The third-order valence-electron chi connectivity index (χ3n) is 2.33. The Kier molecular flexibility index (Phi) is 3.62. The van der Waals surface area contributed by atoms with Crippen molar-refractivity contribution in [3.8, 4) is 12.0 Å². The lowest BCUT2D eigenvalue weighted by Crippen LogP contribution is -2.17. The molecule has 2 aromatic carbocycles. The number of carbonyl (C=O) groups excluding carboxylic acids is 1. The maximum absolute atomic E-state index is 11.7. The first kappa shape index (κ1) is 11.7. The van der Waals surface area contributed by atoms with Crippen LogP contribution in [-0.2, 0) is 0 Å². The first-order valence-electron chi connectivity index (χ1n) is 5.47. The number of benzene rings is 2. The molecule has 2 rings (SSSR count). The van der Waals surface area contributed by atoms with Gasteiger partial charge in [-0.1, -0.05) is 18.2 Å². The lowest BCUT2D eigenvalue weighted by atomic mass is 10.2. The molecule has 0 saturated heterocycles. The second-order valence-corrected chi connectivity index (χ2v) is 3.69. The van der Waals surface area contributed by atoms with Crippen molar-refractivity contribution < 1.29 is 4.79 Å². The Morgan fingerprint density at radius 1 is 1.00 bits per heavy atom. The highest BCUT2D eigenvalue weighted by Gasteiger charge is 2.00. The van der Waals surface area contributed by atoms with Crippen LogP contribution in [0.1, 0.15) is 15.9 Å². The van der Waals surface area contributed by atoms with Crippen molar-refractivity contribution in [2.75, 3.05) is 5.73 Å². The third-order valence-corrected chi connectivity index (χ3v) is 2.33. The largest absolute Gasteiger partial charge is 0.399 e. The first-order valence-corrected chi connectivity index (χ1v) is 5.47. The number of rotatable bonds is 1. The van der Waals surface area contributed by atoms with Crippen LogP contribution in [0.25, 0.3) is 0 Å². The van der Waals surface area contributed by atoms with Gasteiger partial charge >= 0.3 is 0 Å². The van der Waals surface area contributed by atoms with Gasteiger partial charge in [0.1, 0.15) is 0 Å². The molecule has 88 valence electrons. The molecule has 0 fully saturated rings. The quantitative estimate of drug-likeness (QED) is 0.452. The van der Waals surface area contributed by atoms with E-state index in [1.165, 1.54) is 0 Å². The summed E-state index contributed by atoms with van der Waals surface area (Å²) in [4.78, 5) is 11.7. The molecule has 0 heterocycles. The molecule has 18 heavy (non-hydrogen) atoms. The Hall–Kier alpha value is -2.73. The van der Waals surface area contributed by atoms with Crippen LogP contribution in [0.4, 0.5) is 5.69 Å². The summed E-state index contributed by atoms with van der Waals surface area (Å²) >= 11 is 0. The number of nitrogens with two attached hydrogens (primary N) is 1. The van der Waals surface area contributed by atoms with Gasteiger partial charge in [-0.2, -0.15) is 0 Å². The first-order chi connectivity index (χ1) is 8.75. The molecule has 0 atom stereocenters. The van der Waals surface area contributed by atoms with E-state index in [2.05, 4.69) is 17.3 Å². The molecule has 3 N–H and O–H groups in total. The molecule has 3 nitrogen and oxygen atoms in total. The van der Waals surface area contributed by atoms with Gasteiger partial charge in [0, 0.05) is 22.9 Å². The summed E-state index contributed by atoms with van der Waals surface area (Å²) < 4.78 is 0. The Bertz CT molecular complexity index is 592. The van der Waals surface area contributed by atoms with E-state index in [4.69, 9.17) is 5.73 Å². The van der Waals surface area contributed by atoms with Crippen LogP contribution in [0.15, 0.2) is 54.6 Å². The lowest BCUT2D eigenvalue weighted by molar-refractivity contribution is 0.0973. The highest BCUT2D eigenvalue weighted by molar-refractivity contribution is 5.95. The zero-order valence-corrected chi connectivity index (χ0v) is 9.68. The van der Waals surface area contributed by atoms with Crippen LogP contribution in [0.3, 0.4) is 0 Å². The Morgan fingerprint density at radius 2 is 1.67 bits per heavy atom. The number of hydrogen-bond donors (Lipinski definition) is 2. The smallest absolute Gasteiger partial charge is 0.262 e. The summed E-state index contributed by atoms with van der Waals surface area (Å²) in [7, 11) is 0. The molecule has 0 spiro atoms. The molecular formula is C15H12N2O. The van der Waals surface area contributed by atoms with E-state index in [0.29, 0.717) is 11.3 Å². The molecule has 3 heteroatoms. The topological polar surface area (TPSA) is 55.1 Å². The normalized spacial score (nSPS) is 9.11. The van der Waals surface area contributed by atoms with Crippen molar-refractivity contribution in [1.29, 1.82) is 0 Å². The summed E-state index contributed by atoms with van der Waals surface area (Å²) in [6.07, 6.45) is 0. The molecular weight excluding hydrogens is 224 g/mol. The Balaban J connectivity index is 2.00. The van der Waals surface area contributed by atoms with Gasteiger partial charge in [-0.25, -0.2) is 0 Å². The maximum atomic E-state index is 11.7. The second kappa shape index (κ2) is 5.55. The standard InChI is InChI=1S/C15H12N2O/c16-14-8-6-12(7-9-14)10-11-17-15(18)13-4-2-1-3-5-13/h1-9H,16H2,(H,17,18). The fraction of sp³-hybridized carbons (Fsp3) is 0. The second-order valence-electron chi connectivity index (χ2n) is 3.69. The SMILES string of the molecule is Nc1ccc(C#CNC(=O)c2ccccc2)cc1. The number of carbonyl (C=O) groups is 1. The van der Waals surface area contributed by atoms with E-state index in [9.17, 15) is 4.79 Å². The third kappa shape index (κ3) is 3.13. The summed E-state index contributed by atoms with van der Waals surface area (Å²) in [6.45, 7) is 0. The fourth-order valence-corrected chi connectivity index (χ4v) is 1.39. The predicted molar refractivity (Wildman–Crippen MR) is 71.6 cm³/mol. The molecule has 0 bridgehead atoms. The molecule has 0 saturated carbocycles. The summed E-state index contributed by atoms with van der Waals surface area (Å²) in [5, 5.41) is 2.53. The van der Waals surface area contributed by atoms with Gasteiger partial charge in [-0.3, -0.25) is 10.1 Å². The van der Waals surface area contributed by atoms with Crippen molar-refractivity contribution in [1.82, 2.24) is 5.32 Å². The molecule has 0 unspecified atom stereocenters. The number of nitrogen functional groups attached to an aromatic ring is 1.